The molecule has 0 atom stereocenters. The molecule has 0 aliphatic rings. The van der Waals surface area contributed by atoms with Crippen LogP contribution >= 0.6 is 0 Å². The number of carbonyl (C=O) groups is 2. The summed E-state index contributed by atoms with van der Waals surface area (Å²) in [7, 11) is 0. The zero-order valence-electron chi connectivity index (χ0n) is 8.08. The Hall–Kier alpha value is -1.58. The molecule has 14 heavy (non-hydrogen) atoms. The molecular weight excluding hydrogens is 182 g/mol. The number of hydrogen-bond donors (Lipinski definition) is 1. The fraction of sp³-hybridized carbons (Fsp3) is 0.400. The van der Waals surface area contributed by atoms with Gasteiger partial charge in [0.25, 0.3) is 0 Å². The van der Waals surface area contributed by atoms with Crippen molar-refractivity contribution in [1.82, 2.24) is 5.32 Å². The Morgan fingerprint density at radius 3 is 2.86 bits per heavy atom. The first kappa shape index (κ1) is 10.5. The van der Waals surface area contributed by atoms with Crippen molar-refractivity contribution in [3.8, 4) is 0 Å². The van der Waals surface area contributed by atoms with Crippen LogP contribution in [0.3, 0.4) is 0 Å². The van der Waals surface area contributed by atoms with Gasteiger partial charge in [0.05, 0.1) is 18.2 Å². The van der Waals surface area contributed by atoms with E-state index in [1.54, 1.807) is 6.07 Å². The molecule has 1 heterocycles. The van der Waals surface area contributed by atoms with Crippen LogP contribution in [0.2, 0.25) is 0 Å². The fourth-order valence-corrected chi connectivity index (χ4v) is 0.998. The quantitative estimate of drug-likeness (QED) is 0.570. The summed E-state index contributed by atoms with van der Waals surface area (Å²) in [5.41, 5.74) is 0.441. The lowest BCUT2D eigenvalue weighted by Gasteiger charge is -2.00. The molecule has 0 aliphatic carbocycles. The molecule has 0 bridgehead atoms. The lowest BCUT2D eigenvalue weighted by atomic mass is 10.1. The fourth-order valence-electron chi connectivity index (χ4n) is 0.998. The SMILES string of the molecule is CCCNC(=O)CC(=O)c1ccoc1. The minimum absolute atomic E-state index is 0.112. The van der Waals surface area contributed by atoms with Crippen LogP contribution in [0.15, 0.2) is 23.0 Å². The molecular formula is C10H13NO3. The Labute approximate surface area is 82.3 Å². The van der Waals surface area contributed by atoms with Crippen molar-refractivity contribution in [2.45, 2.75) is 19.8 Å². The summed E-state index contributed by atoms with van der Waals surface area (Å²) in [5, 5.41) is 2.63. The average molecular weight is 195 g/mol. The van der Waals surface area contributed by atoms with Crippen LogP contribution in [-0.2, 0) is 4.79 Å². The van der Waals surface area contributed by atoms with Crippen LogP contribution < -0.4 is 5.32 Å². The molecule has 0 spiro atoms. The van der Waals surface area contributed by atoms with E-state index in [0.717, 1.165) is 6.42 Å². The Morgan fingerprint density at radius 2 is 2.29 bits per heavy atom. The maximum Gasteiger partial charge on any atom is 0.227 e. The molecule has 1 N–H and O–H groups in total. The van der Waals surface area contributed by atoms with Crippen molar-refractivity contribution in [3.05, 3.63) is 24.2 Å². The summed E-state index contributed by atoms with van der Waals surface area (Å²) in [6.07, 6.45) is 3.51. The van der Waals surface area contributed by atoms with Gasteiger partial charge in [0.1, 0.15) is 6.26 Å². The van der Waals surface area contributed by atoms with E-state index in [4.69, 9.17) is 4.42 Å². The van der Waals surface area contributed by atoms with Crippen molar-refractivity contribution >= 4 is 11.7 Å². The third kappa shape index (κ3) is 3.05. The summed E-state index contributed by atoms with van der Waals surface area (Å²) >= 11 is 0. The van der Waals surface area contributed by atoms with Gasteiger partial charge in [-0.15, -0.1) is 0 Å². The van der Waals surface area contributed by atoms with Crippen LogP contribution in [0.25, 0.3) is 0 Å². The van der Waals surface area contributed by atoms with Crippen LogP contribution in [0.1, 0.15) is 30.1 Å². The van der Waals surface area contributed by atoms with Gasteiger partial charge in [-0.05, 0) is 12.5 Å². The number of Topliss-reactive ketones (excluding diaryl/α,β-unsaturated/α-hetero) is 1. The highest BCUT2D eigenvalue weighted by molar-refractivity contribution is 6.07. The van der Waals surface area contributed by atoms with E-state index in [0.29, 0.717) is 12.1 Å². The van der Waals surface area contributed by atoms with E-state index in [1.807, 2.05) is 6.92 Å². The van der Waals surface area contributed by atoms with Crippen LogP contribution in [0.4, 0.5) is 0 Å². The summed E-state index contributed by atoms with van der Waals surface area (Å²) in [6.45, 7) is 2.57. The lowest BCUT2D eigenvalue weighted by Crippen LogP contribution is -2.26. The normalized spacial score (nSPS) is 9.79. The molecule has 1 rings (SSSR count). The first-order chi connectivity index (χ1) is 6.74. The third-order valence-electron chi connectivity index (χ3n) is 1.74. The summed E-state index contributed by atoms with van der Waals surface area (Å²) in [4.78, 5) is 22.5. The number of ketones is 1. The second-order valence-electron chi connectivity index (χ2n) is 2.96. The van der Waals surface area contributed by atoms with Crippen molar-refractivity contribution in [2.75, 3.05) is 6.54 Å². The molecule has 0 aromatic carbocycles. The summed E-state index contributed by atoms with van der Waals surface area (Å²) in [5.74, 6) is -0.453. The number of rotatable bonds is 5. The Kier molecular flexibility index (Phi) is 3.91. The van der Waals surface area contributed by atoms with Gasteiger partial charge in [0, 0.05) is 6.54 Å². The minimum Gasteiger partial charge on any atom is -0.472 e. The topological polar surface area (TPSA) is 59.3 Å². The van der Waals surface area contributed by atoms with Gasteiger partial charge in [-0.2, -0.15) is 0 Å². The standard InChI is InChI=1S/C10H13NO3/c1-2-4-11-10(13)6-9(12)8-3-5-14-7-8/h3,5,7H,2,4,6H2,1H3,(H,11,13). The van der Waals surface area contributed by atoms with Crippen LogP contribution in [0.5, 0.6) is 0 Å². The molecule has 0 aliphatic heterocycles. The maximum absolute atomic E-state index is 11.4. The second kappa shape index (κ2) is 5.21. The largest absolute Gasteiger partial charge is 0.472 e. The molecule has 0 saturated heterocycles. The monoisotopic (exact) mass is 195 g/mol. The van der Waals surface area contributed by atoms with E-state index in [2.05, 4.69) is 5.32 Å². The van der Waals surface area contributed by atoms with Crippen molar-refractivity contribution in [2.24, 2.45) is 0 Å². The number of amides is 1. The van der Waals surface area contributed by atoms with Crippen molar-refractivity contribution < 1.29 is 14.0 Å². The van der Waals surface area contributed by atoms with Gasteiger partial charge >= 0.3 is 0 Å². The van der Waals surface area contributed by atoms with Crippen molar-refractivity contribution in [1.29, 1.82) is 0 Å². The van der Waals surface area contributed by atoms with Gasteiger partial charge < -0.3 is 9.73 Å². The molecule has 76 valence electrons. The highest BCUT2D eigenvalue weighted by atomic mass is 16.3. The first-order valence-electron chi connectivity index (χ1n) is 4.56. The van der Waals surface area contributed by atoms with E-state index in [9.17, 15) is 9.59 Å². The number of furan rings is 1. The average Bonchev–Trinajstić information content (AvgIpc) is 2.67. The van der Waals surface area contributed by atoms with Gasteiger partial charge in [-0.25, -0.2) is 0 Å². The molecule has 1 aromatic rings. The molecule has 1 amide bonds. The van der Waals surface area contributed by atoms with E-state index in [-0.39, 0.29) is 18.1 Å². The molecule has 0 radical (unpaired) electrons. The molecule has 0 saturated carbocycles. The minimum atomic E-state index is -0.238. The number of nitrogens with one attached hydrogen (secondary N) is 1. The molecule has 4 nitrogen and oxygen atoms in total. The number of carbonyl (C=O) groups excluding carboxylic acids is 2. The highest BCUT2D eigenvalue weighted by Crippen LogP contribution is 2.03. The van der Waals surface area contributed by atoms with E-state index >= 15 is 0 Å². The number of hydrogen-bond acceptors (Lipinski definition) is 3. The molecule has 1 aromatic heterocycles. The van der Waals surface area contributed by atoms with Gasteiger partial charge in [-0.3, -0.25) is 9.59 Å². The Balaban J connectivity index is 2.38. The summed E-state index contributed by atoms with van der Waals surface area (Å²) in [6, 6.07) is 1.55. The van der Waals surface area contributed by atoms with Crippen molar-refractivity contribution in [3.63, 3.8) is 0 Å². The molecule has 0 unspecified atom stereocenters. The third-order valence-corrected chi connectivity index (χ3v) is 1.74. The van der Waals surface area contributed by atoms with Gasteiger partial charge in [0.15, 0.2) is 5.78 Å². The van der Waals surface area contributed by atoms with E-state index in [1.165, 1.54) is 12.5 Å². The molecule has 0 fully saturated rings. The Bertz CT molecular complexity index is 303. The lowest BCUT2D eigenvalue weighted by molar-refractivity contribution is -0.120. The second-order valence-corrected chi connectivity index (χ2v) is 2.96. The van der Waals surface area contributed by atoms with E-state index < -0.39 is 0 Å². The molecule has 4 heteroatoms. The Morgan fingerprint density at radius 1 is 1.50 bits per heavy atom. The van der Waals surface area contributed by atoms with Crippen LogP contribution in [-0.4, -0.2) is 18.2 Å². The predicted octanol–water partition coefficient (Wildman–Crippen LogP) is 1.38. The predicted molar refractivity (Wildman–Crippen MR) is 51.0 cm³/mol. The first-order valence-corrected chi connectivity index (χ1v) is 4.56. The maximum atomic E-state index is 11.4. The highest BCUT2D eigenvalue weighted by Gasteiger charge is 2.11. The summed E-state index contributed by atoms with van der Waals surface area (Å²) < 4.78 is 4.75. The smallest absolute Gasteiger partial charge is 0.227 e. The van der Waals surface area contributed by atoms with Crippen LogP contribution in [0, 0.1) is 0 Å². The zero-order valence-corrected chi connectivity index (χ0v) is 8.08. The van der Waals surface area contributed by atoms with Gasteiger partial charge in [0.2, 0.25) is 5.91 Å². The van der Waals surface area contributed by atoms with Gasteiger partial charge in [-0.1, -0.05) is 6.92 Å². The zero-order chi connectivity index (χ0) is 10.4.